The van der Waals surface area contributed by atoms with Crippen LogP contribution in [-0.4, -0.2) is 23.4 Å². The lowest BCUT2D eigenvalue weighted by atomic mass is 9.68. The fourth-order valence-electron chi connectivity index (χ4n) is 4.19. The molecule has 2 heteroatoms. The van der Waals surface area contributed by atoms with Gasteiger partial charge in [0.1, 0.15) is 0 Å². The van der Waals surface area contributed by atoms with E-state index in [2.05, 4.69) is 34.6 Å². The first kappa shape index (κ1) is 13.6. The molecule has 0 bridgehead atoms. The van der Waals surface area contributed by atoms with E-state index in [0.29, 0.717) is 30.6 Å². The summed E-state index contributed by atoms with van der Waals surface area (Å²) in [5, 5.41) is 10.6. The molecule has 1 saturated carbocycles. The van der Waals surface area contributed by atoms with Crippen molar-refractivity contribution in [3.8, 4) is 0 Å². The van der Waals surface area contributed by atoms with Gasteiger partial charge in [0.25, 0.3) is 0 Å². The molecule has 0 radical (unpaired) electrons. The van der Waals surface area contributed by atoms with Crippen molar-refractivity contribution in [2.75, 3.05) is 0 Å². The summed E-state index contributed by atoms with van der Waals surface area (Å²) in [6.07, 6.45) is 1.06. The highest BCUT2D eigenvalue weighted by atomic mass is 16.5. The molecule has 1 aliphatic carbocycles. The topological polar surface area (TPSA) is 29.5 Å². The van der Waals surface area contributed by atoms with Crippen LogP contribution < -0.4 is 0 Å². The van der Waals surface area contributed by atoms with Gasteiger partial charge in [-0.15, -0.1) is 0 Å². The third kappa shape index (κ3) is 3.22. The van der Waals surface area contributed by atoms with E-state index in [1.807, 2.05) is 0 Å². The Labute approximate surface area is 128 Å². The number of hydrogen-bond donors (Lipinski definition) is 1. The molecular weight excluding hydrogens is 248 g/mol. The van der Waals surface area contributed by atoms with Crippen LogP contribution in [0.5, 0.6) is 0 Å². The Morgan fingerprint density at radius 1 is 1.15 bits per heavy atom. The van der Waals surface area contributed by atoms with Crippen molar-refractivity contribution in [2.45, 2.75) is 79.1 Å². The van der Waals surface area contributed by atoms with Crippen LogP contribution in [0, 0.1) is 35.5 Å². The maximum Gasteiger partial charge on any atom is 0.0610 e. The van der Waals surface area contributed by atoms with Gasteiger partial charge in [-0.05, 0) is 61.6 Å². The molecule has 10 atom stereocenters. The van der Waals surface area contributed by atoms with Gasteiger partial charge in [0.2, 0.25) is 0 Å². The minimum atomic E-state index is -0.543. The number of rotatable bonds is 2. The third-order valence-corrected chi connectivity index (χ3v) is 6.12. The van der Waals surface area contributed by atoms with Gasteiger partial charge in [0.05, 0.1) is 18.3 Å². The first-order valence-electron chi connectivity index (χ1n) is 9.61. The van der Waals surface area contributed by atoms with E-state index >= 15 is 0 Å². The molecule has 1 heterocycles. The number of ether oxygens (including phenoxy) is 1. The molecule has 118 valence electrons. The predicted molar refractivity (Wildman–Crippen MR) is 83.5 cm³/mol. The van der Waals surface area contributed by atoms with Crippen molar-refractivity contribution in [3.05, 3.63) is 0 Å². The second kappa shape index (κ2) is 6.36. The Morgan fingerprint density at radius 3 is 2.50 bits per heavy atom. The Bertz CT molecular complexity index is 363. The fourth-order valence-corrected chi connectivity index (χ4v) is 4.19. The normalized spacial score (nSPS) is 58.9. The summed E-state index contributed by atoms with van der Waals surface area (Å²) in [5.41, 5.74) is 0. The molecule has 2 rings (SSSR count). The average molecular weight is 286 g/mol. The standard InChI is InChI=1S/C18H34O2/c1-10-7-11(2)16(17(19)8-10)9-18-14(5)12(3)13(4)15(6)20-18/h10-19H,7-9H2,1-6H3/t10?,11?,12-,13-,14-,15?,16+,17?,18+/m1/s1/i6T,8T/t8?,10?,11?,12-,13-,14-,15?,16+,17?,18+. The van der Waals surface area contributed by atoms with Gasteiger partial charge in [-0.1, -0.05) is 34.6 Å². The van der Waals surface area contributed by atoms with E-state index in [-0.39, 0.29) is 30.4 Å². The number of aliphatic hydroxyl groups excluding tert-OH is 1. The lowest BCUT2D eigenvalue weighted by Gasteiger charge is -2.46. The maximum atomic E-state index is 10.6. The third-order valence-electron chi connectivity index (χ3n) is 6.12. The molecule has 5 unspecified atom stereocenters. The van der Waals surface area contributed by atoms with Crippen LogP contribution in [0.15, 0.2) is 0 Å². The second-order valence-corrected chi connectivity index (χ2v) is 7.56. The molecule has 0 aromatic heterocycles. The van der Waals surface area contributed by atoms with Crippen LogP contribution in [0.2, 0.25) is 0 Å². The Morgan fingerprint density at radius 2 is 1.85 bits per heavy atom. The Kier molecular flexibility index (Phi) is 4.31. The summed E-state index contributed by atoms with van der Waals surface area (Å²) in [4.78, 5) is 0. The smallest absolute Gasteiger partial charge is 0.0610 e. The van der Waals surface area contributed by atoms with Crippen molar-refractivity contribution < 1.29 is 12.6 Å². The van der Waals surface area contributed by atoms with Crippen molar-refractivity contribution >= 4 is 0 Å². The minimum Gasteiger partial charge on any atom is -0.393 e. The van der Waals surface area contributed by atoms with Crippen LogP contribution in [-0.2, 0) is 4.74 Å². The zero-order chi connectivity index (χ0) is 16.6. The molecule has 2 aliphatic rings. The average Bonchev–Trinajstić information content (AvgIpc) is 2.49. The van der Waals surface area contributed by atoms with Gasteiger partial charge in [-0.2, -0.15) is 0 Å². The lowest BCUT2D eigenvalue weighted by molar-refractivity contribution is -0.143. The van der Waals surface area contributed by atoms with Crippen molar-refractivity contribution in [3.63, 3.8) is 0 Å². The van der Waals surface area contributed by atoms with E-state index in [1.54, 1.807) is 0 Å². The highest BCUT2D eigenvalue weighted by Crippen LogP contribution is 2.42. The molecule has 1 N–H and O–H groups in total. The summed E-state index contributed by atoms with van der Waals surface area (Å²) in [6.45, 7) is 11.3. The van der Waals surface area contributed by atoms with E-state index in [4.69, 9.17) is 7.48 Å². The van der Waals surface area contributed by atoms with Crippen molar-refractivity contribution in [1.29, 1.82) is 0 Å². The van der Waals surface area contributed by atoms with E-state index < -0.39 is 6.10 Å². The summed E-state index contributed by atoms with van der Waals surface area (Å²) in [5.74, 6) is 2.26. The minimum absolute atomic E-state index is 0.0120. The molecule has 1 aliphatic heterocycles. The molecule has 0 amide bonds. The molecule has 20 heavy (non-hydrogen) atoms. The van der Waals surface area contributed by atoms with Crippen LogP contribution in [0.25, 0.3) is 0 Å². The molecule has 2 fully saturated rings. The molecule has 2 nitrogen and oxygen atoms in total. The highest BCUT2D eigenvalue weighted by molar-refractivity contribution is 4.90. The quantitative estimate of drug-likeness (QED) is 0.827. The second-order valence-electron chi connectivity index (χ2n) is 7.56. The SMILES string of the molecule is [3H]CC1O[C@@H](C[C@H]2C(C)CC(C)C([3H])C2O)[C@H](C)[C@H](C)[C@H]1C. The van der Waals surface area contributed by atoms with E-state index in [9.17, 15) is 5.11 Å². The van der Waals surface area contributed by atoms with Crippen molar-refractivity contribution in [1.82, 2.24) is 0 Å². The van der Waals surface area contributed by atoms with Gasteiger partial charge in [0, 0.05) is 2.74 Å². The van der Waals surface area contributed by atoms with Gasteiger partial charge in [-0.3, -0.25) is 0 Å². The monoisotopic (exact) mass is 286 g/mol. The Hall–Kier alpha value is -0.0800. The molecule has 0 aromatic carbocycles. The largest absolute Gasteiger partial charge is 0.393 e. The Balaban J connectivity index is 2.08. The molecular formula is C18H34O2. The summed E-state index contributed by atoms with van der Waals surface area (Å²) < 4.78 is 22.2. The molecule has 0 spiro atoms. The van der Waals surface area contributed by atoms with Crippen LogP contribution in [0.3, 0.4) is 0 Å². The first-order chi connectivity index (χ1) is 10.3. The van der Waals surface area contributed by atoms with Gasteiger partial charge >= 0.3 is 0 Å². The maximum absolute atomic E-state index is 10.6. The van der Waals surface area contributed by atoms with E-state index in [1.165, 1.54) is 0 Å². The highest BCUT2D eigenvalue weighted by Gasteiger charge is 2.41. The van der Waals surface area contributed by atoms with Crippen LogP contribution in [0.1, 0.15) is 63.5 Å². The summed E-state index contributed by atoms with van der Waals surface area (Å²) in [6, 6.07) is 0. The van der Waals surface area contributed by atoms with Gasteiger partial charge < -0.3 is 9.84 Å². The number of hydrogen-bond acceptors (Lipinski definition) is 2. The summed E-state index contributed by atoms with van der Waals surface area (Å²) in [7, 11) is 0. The zero-order valence-electron chi connectivity index (χ0n) is 15.8. The molecule has 1 saturated heterocycles. The predicted octanol–water partition coefficient (Wildman–Crippen LogP) is 4.12. The zero-order valence-corrected chi connectivity index (χ0v) is 13.8. The summed E-state index contributed by atoms with van der Waals surface area (Å²) >= 11 is 0. The van der Waals surface area contributed by atoms with E-state index in [0.717, 1.165) is 12.8 Å². The lowest BCUT2D eigenvalue weighted by Crippen LogP contribution is -2.46. The van der Waals surface area contributed by atoms with Gasteiger partial charge in [0.15, 0.2) is 0 Å². The molecule has 0 aromatic rings. The van der Waals surface area contributed by atoms with Crippen LogP contribution in [0.4, 0.5) is 0 Å². The van der Waals surface area contributed by atoms with Gasteiger partial charge in [-0.25, -0.2) is 0 Å². The number of aliphatic hydroxyl groups is 1. The van der Waals surface area contributed by atoms with Crippen LogP contribution >= 0.6 is 0 Å². The van der Waals surface area contributed by atoms with Crippen molar-refractivity contribution in [2.24, 2.45) is 35.5 Å². The first-order valence-corrected chi connectivity index (χ1v) is 8.32. The fraction of sp³-hybridized carbons (Fsp3) is 1.00.